The van der Waals surface area contributed by atoms with Gasteiger partial charge in [-0.1, -0.05) is 48.5 Å². The summed E-state index contributed by atoms with van der Waals surface area (Å²) in [5.41, 5.74) is 1.51. The van der Waals surface area contributed by atoms with E-state index in [1.54, 1.807) is 54.6 Å². The largest absolute Gasteiger partial charge is 0.489 e. The maximum atomic E-state index is 13.2. The third-order valence-electron chi connectivity index (χ3n) is 5.17. The first kappa shape index (κ1) is 25.2. The fourth-order valence-electron chi connectivity index (χ4n) is 3.40. The molecule has 0 saturated carbocycles. The number of carbonyl (C=O) groups excluding carboxylic acids is 3. The minimum Gasteiger partial charge on any atom is -0.489 e. The first-order chi connectivity index (χ1) is 17.4. The van der Waals surface area contributed by atoms with Crippen molar-refractivity contribution in [1.29, 1.82) is 0 Å². The number of benzene rings is 3. The Morgan fingerprint density at radius 3 is 2.44 bits per heavy atom. The molecule has 0 bridgehead atoms. The van der Waals surface area contributed by atoms with Gasteiger partial charge in [0.25, 0.3) is 11.8 Å². The van der Waals surface area contributed by atoms with Gasteiger partial charge in [-0.15, -0.1) is 0 Å². The van der Waals surface area contributed by atoms with Gasteiger partial charge < -0.3 is 9.47 Å². The average Bonchev–Trinajstić information content (AvgIpc) is 2.86. The molecule has 0 spiro atoms. The minimum absolute atomic E-state index is 0.180. The third kappa shape index (κ3) is 5.67. The normalized spacial score (nSPS) is 14.6. The number of halogens is 2. The van der Waals surface area contributed by atoms with Crippen LogP contribution >= 0.6 is 27.5 Å². The zero-order valence-electron chi connectivity index (χ0n) is 18.9. The molecule has 1 heterocycles. The molecule has 1 saturated heterocycles. The predicted molar refractivity (Wildman–Crippen MR) is 141 cm³/mol. The van der Waals surface area contributed by atoms with Crippen molar-refractivity contribution >= 4 is 57.1 Å². The highest BCUT2D eigenvalue weighted by molar-refractivity contribution is 9.10. The molecule has 3 aromatic rings. The van der Waals surface area contributed by atoms with E-state index in [0.717, 1.165) is 10.5 Å². The maximum Gasteiger partial charge on any atom is 0.335 e. The van der Waals surface area contributed by atoms with Crippen molar-refractivity contribution in [3.8, 4) is 11.5 Å². The highest BCUT2D eigenvalue weighted by atomic mass is 79.9. The van der Waals surface area contributed by atoms with E-state index in [0.29, 0.717) is 33.2 Å². The molecule has 0 unspecified atom stereocenters. The second kappa shape index (κ2) is 11.2. The molecule has 0 aliphatic carbocycles. The Morgan fingerprint density at radius 1 is 1.00 bits per heavy atom. The Labute approximate surface area is 221 Å². The van der Waals surface area contributed by atoms with Crippen molar-refractivity contribution in [2.45, 2.75) is 6.61 Å². The van der Waals surface area contributed by atoms with Crippen LogP contribution in [0.5, 0.6) is 11.5 Å². The summed E-state index contributed by atoms with van der Waals surface area (Å²) in [5, 5.41) is 2.81. The number of carbonyl (C=O) groups is 3. The van der Waals surface area contributed by atoms with Crippen LogP contribution in [0.1, 0.15) is 11.1 Å². The number of nitrogens with zero attached hydrogens (tertiary/aromatic N) is 1. The van der Waals surface area contributed by atoms with E-state index in [1.165, 1.54) is 6.08 Å². The number of ether oxygens (including phenoxy) is 2. The van der Waals surface area contributed by atoms with Gasteiger partial charge in [0.2, 0.25) is 0 Å². The van der Waals surface area contributed by atoms with Crippen molar-refractivity contribution in [1.82, 2.24) is 5.32 Å². The molecular weight excluding hydrogens is 548 g/mol. The Morgan fingerprint density at radius 2 is 1.75 bits per heavy atom. The number of barbiturate groups is 1. The van der Waals surface area contributed by atoms with E-state index in [9.17, 15) is 14.4 Å². The minimum atomic E-state index is -0.832. The van der Waals surface area contributed by atoms with Crippen LogP contribution in [0, 0.1) is 0 Å². The van der Waals surface area contributed by atoms with Gasteiger partial charge in [0.1, 0.15) is 30.3 Å². The number of hydrogen-bond donors (Lipinski definition) is 1. The van der Waals surface area contributed by atoms with Crippen LogP contribution in [0.15, 0.2) is 89.4 Å². The summed E-state index contributed by atoms with van der Waals surface area (Å²) < 4.78 is 11.9. The molecule has 1 N–H and O–H groups in total. The van der Waals surface area contributed by atoms with Gasteiger partial charge >= 0.3 is 6.03 Å². The number of anilines is 1. The number of amides is 4. The number of imide groups is 2. The van der Waals surface area contributed by atoms with Crippen LogP contribution in [0.25, 0.3) is 6.08 Å². The fraction of sp³-hybridized carbons (Fsp3) is 0.0741. The van der Waals surface area contributed by atoms with E-state index >= 15 is 0 Å². The van der Waals surface area contributed by atoms with E-state index < -0.39 is 17.8 Å². The van der Waals surface area contributed by atoms with Crippen LogP contribution in [-0.2, 0) is 16.2 Å². The van der Waals surface area contributed by atoms with Crippen LogP contribution in [-0.4, -0.2) is 24.5 Å². The van der Waals surface area contributed by atoms with Gasteiger partial charge in [-0.05, 0) is 70.0 Å². The first-order valence-corrected chi connectivity index (χ1v) is 12.0. The lowest BCUT2D eigenvalue weighted by Crippen LogP contribution is -2.54. The molecule has 1 aliphatic heterocycles. The van der Waals surface area contributed by atoms with Crippen molar-refractivity contribution in [2.24, 2.45) is 0 Å². The van der Waals surface area contributed by atoms with Gasteiger partial charge in [-0.2, -0.15) is 0 Å². The Kier molecular flexibility index (Phi) is 7.87. The van der Waals surface area contributed by atoms with Crippen molar-refractivity contribution < 1.29 is 23.9 Å². The van der Waals surface area contributed by atoms with Crippen LogP contribution in [0.3, 0.4) is 0 Å². The van der Waals surface area contributed by atoms with Gasteiger partial charge in [0.15, 0.2) is 0 Å². The SMILES string of the molecule is C=CCOc1ccc(/C=C2\C(=O)NC(=O)N(c3ccc(OCc4ccccc4Cl)cc3)C2=O)cc1Br. The molecule has 182 valence electrons. The summed E-state index contributed by atoms with van der Waals surface area (Å²) >= 11 is 9.57. The van der Waals surface area contributed by atoms with Gasteiger partial charge in [-0.25, -0.2) is 9.69 Å². The number of nitrogens with one attached hydrogen (secondary N) is 1. The average molecular weight is 568 g/mol. The number of rotatable bonds is 8. The van der Waals surface area contributed by atoms with Gasteiger partial charge in [0.05, 0.1) is 10.2 Å². The molecule has 36 heavy (non-hydrogen) atoms. The summed E-state index contributed by atoms with van der Waals surface area (Å²) in [6.07, 6.45) is 3.04. The maximum absolute atomic E-state index is 13.2. The molecule has 4 rings (SSSR count). The highest BCUT2D eigenvalue weighted by Gasteiger charge is 2.36. The predicted octanol–water partition coefficient (Wildman–Crippen LogP) is 5.91. The lowest BCUT2D eigenvalue weighted by molar-refractivity contribution is -0.122. The standard InChI is InChI=1S/C27H20BrClN2O5/c1-2-13-35-24-12-7-17(15-22(24)28)14-21-25(32)30-27(34)31(26(21)33)19-8-10-20(11-9-19)36-16-18-5-3-4-6-23(18)29/h2-12,14-15H,1,13,16H2,(H,30,32,34)/b21-14+. The summed E-state index contributed by atoms with van der Waals surface area (Å²) in [5.74, 6) is -0.398. The van der Waals surface area contributed by atoms with Crippen molar-refractivity contribution in [2.75, 3.05) is 11.5 Å². The van der Waals surface area contributed by atoms with Crippen LogP contribution in [0.4, 0.5) is 10.5 Å². The van der Waals surface area contributed by atoms with Crippen LogP contribution in [0.2, 0.25) is 5.02 Å². The van der Waals surface area contributed by atoms with Crippen molar-refractivity contribution in [3.05, 3.63) is 106 Å². The van der Waals surface area contributed by atoms with Gasteiger partial charge in [0, 0.05) is 10.6 Å². The Hall–Kier alpha value is -3.88. The molecule has 9 heteroatoms. The van der Waals surface area contributed by atoms with E-state index in [-0.39, 0.29) is 17.9 Å². The first-order valence-electron chi connectivity index (χ1n) is 10.8. The monoisotopic (exact) mass is 566 g/mol. The summed E-state index contributed by atoms with van der Waals surface area (Å²) in [7, 11) is 0. The zero-order valence-corrected chi connectivity index (χ0v) is 21.2. The van der Waals surface area contributed by atoms with E-state index in [2.05, 4.69) is 27.8 Å². The molecular formula is C27H20BrClN2O5. The number of hydrogen-bond acceptors (Lipinski definition) is 5. The lowest BCUT2D eigenvalue weighted by Gasteiger charge is -2.26. The van der Waals surface area contributed by atoms with Crippen molar-refractivity contribution in [3.63, 3.8) is 0 Å². The van der Waals surface area contributed by atoms with Gasteiger partial charge in [-0.3, -0.25) is 14.9 Å². The second-order valence-corrected chi connectivity index (χ2v) is 8.88. The Bertz CT molecular complexity index is 1370. The van der Waals surface area contributed by atoms with E-state index in [4.69, 9.17) is 21.1 Å². The molecule has 1 aliphatic rings. The molecule has 4 amide bonds. The summed E-state index contributed by atoms with van der Waals surface area (Å²) in [4.78, 5) is 39.0. The fourth-order valence-corrected chi connectivity index (χ4v) is 4.10. The lowest BCUT2D eigenvalue weighted by atomic mass is 10.1. The molecule has 1 fully saturated rings. The highest BCUT2D eigenvalue weighted by Crippen LogP contribution is 2.29. The zero-order chi connectivity index (χ0) is 25.7. The number of urea groups is 1. The summed E-state index contributed by atoms with van der Waals surface area (Å²) in [6, 6.07) is 18.0. The quantitative estimate of drug-likeness (QED) is 0.208. The topological polar surface area (TPSA) is 84.9 Å². The molecule has 3 aromatic carbocycles. The smallest absolute Gasteiger partial charge is 0.335 e. The third-order valence-corrected chi connectivity index (χ3v) is 6.16. The van der Waals surface area contributed by atoms with Crippen LogP contribution < -0.4 is 19.7 Å². The second-order valence-electron chi connectivity index (χ2n) is 7.62. The Balaban J connectivity index is 1.52. The summed E-state index contributed by atoms with van der Waals surface area (Å²) in [6.45, 7) is 4.20. The molecule has 0 radical (unpaired) electrons. The van der Waals surface area contributed by atoms with E-state index in [1.807, 2.05) is 18.2 Å². The molecule has 0 atom stereocenters. The molecule has 0 aromatic heterocycles. The molecule has 7 nitrogen and oxygen atoms in total.